The number of carbonyl (C=O) groups is 1. The van der Waals surface area contributed by atoms with Crippen molar-refractivity contribution in [2.24, 2.45) is 5.73 Å². The van der Waals surface area contributed by atoms with Crippen LogP contribution in [-0.2, 0) is 4.74 Å². The Morgan fingerprint density at radius 1 is 1.40 bits per heavy atom. The SMILES string of the molecule is COc1nccc(-c2[nH]nc3nc(N4CCC(O)(COC(N)=O)CC4)cnc23)c1Cl. The van der Waals surface area contributed by atoms with E-state index in [1.807, 2.05) is 4.90 Å². The number of pyridine rings is 1. The van der Waals surface area contributed by atoms with Crippen LogP contribution < -0.4 is 15.4 Å². The summed E-state index contributed by atoms with van der Waals surface area (Å²) in [4.78, 5) is 25.9. The Labute approximate surface area is 176 Å². The molecule has 1 aliphatic rings. The van der Waals surface area contributed by atoms with Crippen LogP contribution in [0, 0.1) is 0 Å². The van der Waals surface area contributed by atoms with Crippen LogP contribution in [0.5, 0.6) is 5.88 Å². The quantitative estimate of drug-likeness (QED) is 0.543. The van der Waals surface area contributed by atoms with Crippen molar-refractivity contribution in [3.63, 3.8) is 0 Å². The Morgan fingerprint density at radius 3 is 2.87 bits per heavy atom. The van der Waals surface area contributed by atoms with Crippen molar-refractivity contribution in [1.82, 2.24) is 25.1 Å². The number of nitrogens with zero attached hydrogens (tertiary/aromatic N) is 5. The summed E-state index contributed by atoms with van der Waals surface area (Å²) in [5, 5.41) is 18.1. The molecule has 1 aliphatic heterocycles. The third-order valence-corrected chi connectivity index (χ3v) is 5.44. The summed E-state index contributed by atoms with van der Waals surface area (Å²) in [6, 6.07) is 1.74. The molecule has 158 valence electrons. The summed E-state index contributed by atoms with van der Waals surface area (Å²) in [5.41, 5.74) is 6.16. The van der Waals surface area contributed by atoms with Crippen molar-refractivity contribution in [2.45, 2.75) is 18.4 Å². The Kier molecular flexibility index (Phi) is 5.31. The molecule has 0 aromatic carbocycles. The fraction of sp³-hybridized carbons (Fsp3) is 0.389. The Morgan fingerprint density at radius 2 is 2.17 bits per heavy atom. The number of methoxy groups -OCH3 is 1. The highest BCUT2D eigenvalue weighted by molar-refractivity contribution is 6.34. The molecule has 30 heavy (non-hydrogen) atoms. The minimum atomic E-state index is -1.10. The van der Waals surface area contributed by atoms with Gasteiger partial charge in [0.2, 0.25) is 11.5 Å². The second-order valence-corrected chi connectivity index (χ2v) is 7.38. The number of hydrogen-bond donors (Lipinski definition) is 3. The molecule has 0 unspecified atom stereocenters. The number of H-pyrrole nitrogens is 1. The second kappa shape index (κ2) is 7.92. The van der Waals surface area contributed by atoms with Gasteiger partial charge in [0.25, 0.3) is 0 Å². The summed E-state index contributed by atoms with van der Waals surface area (Å²) in [5.74, 6) is 0.944. The van der Waals surface area contributed by atoms with E-state index in [1.165, 1.54) is 7.11 Å². The molecule has 4 N–H and O–H groups in total. The van der Waals surface area contributed by atoms with Gasteiger partial charge in [-0.25, -0.2) is 19.7 Å². The van der Waals surface area contributed by atoms with E-state index in [4.69, 9.17) is 26.8 Å². The number of nitrogens with one attached hydrogen (secondary N) is 1. The molecule has 1 fully saturated rings. The fourth-order valence-corrected chi connectivity index (χ4v) is 3.67. The zero-order chi connectivity index (χ0) is 21.3. The number of nitrogens with two attached hydrogens (primary N) is 1. The summed E-state index contributed by atoms with van der Waals surface area (Å²) in [6.45, 7) is 0.909. The average Bonchev–Trinajstić information content (AvgIpc) is 3.16. The van der Waals surface area contributed by atoms with Crippen LogP contribution in [0.1, 0.15) is 12.8 Å². The van der Waals surface area contributed by atoms with Gasteiger partial charge >= 0.3 is 6.09 Å². The van der Waals surface area contributed by atoms with E-state index in [0.717, 1.165) is 0 Å². The lowest BCUT2D eigenvalue weighted by atomic mass is 9.92. The second-order valence-electron chi connectivity index (χ2n) is 7.00. The van der Waals surface area contributed by atoms with Crippen molar-refractivity contribution in [3.05, 3.63) is 23.5 Å². The molecule has 3 aromatic heterocycles. The van der Waals surface area contributed by atoms with E-state index in [0.29, 0.717) is 65.1 Å². The van der Waals surface area contributed by atoms with Gasteiger partial charge < -0.3 is 25.2 Å². The summed E-state index contributed by atoms with van der Waals surface area (Å²) < 4.78 is 9.92. The lowest BCUT2D eigenvalue weighted by Gasteiger charge is -2.37. The van der Waals surface area contributed by atoms with Crippen molar-refractivity contribution in [1.29, 1.82) is 0 Å². The van der Waals surface area contributed by atoms with Crippen LogP contribution in [0.2, 0.25) is 5.02 Å². The normalized spacial score (nSPS) is 15.9. The lowest BCUT2D eigenvalue weighted by Crippen LogP contribution is -2.48. The van der Waals surface area contributed by atoms with E-state index in [9.17, 15) is 9.90 Å². The summed E-state index contributed by atoms with van der Waals surface area (Å²) in [6.07, 6.45) is 3.14. The smallest absolute Gasteiger partial charge is 0.404 e. The van der Waals surface area contributed by atoms with Crippen molar-refractivity contribution in [2.75, 3.05) is 31.7 Å². The first-order valence-electron chi connectivity index (χ1n) is 9.20. The molecule has 3 aromatic rings. The van der Waals surface area contributed by atoms with Crippen LogP contribution in [0.4, 0.5) is 10.6 Å². The first-order valence-corrected chi connectivity index (χ1v) is 9.57. The van der Waals surface area contributed by atoms with Crippen LogP contribution in [0.3, 0.4) is 0 Å². The number of fused-ring (bicyclic) bond motifs is 1. The Balaban J connectivity index is 1.54. The van der Waals surface area contributed by atoms with Gasteiger partial charge in [0.15, 0.2) is 0 Å². The molecule has 1 saturated heterocycles. The third kappa shape index (κ3) is 3.81. The number of piperidine rings is 1. The third-order valence-electron chi connectivity index (χ3n) is 5.07. The number of rotatable bonds is 5. The molecule has 0 spiro atoms. The first kappa shape index (κ1) is 20.1. The van der Waals surface area contributed by atoms with Gasteiger partial charge in [0, 0.05) is 24.8 Å². The van der Waals surface area contributed by atoms with Gasteiger partial charge in [-0.15, -0.1) is 0 Å². The Bertz CT molecular complexity index is 1080. The van der Waals surface area contributed by atoms with E-state index in [-0.39, 0.29) is 6.61 Å². The number of aromatic nitrogens is 5. The maximum absolute atomic E-state index is 10.8. The van der Waals surface area contributed by atoms with E-state index in [2.05, 4.69) is 25.1 Å². The van der Waals surface area contributed by atoms with Crippen LogP contribution in [-0.4, -0.2) is 68.8 Å². The molecule has 4 rings (SSSR count). The standard InChI is InChI=1S/C18H20ClN7O4/c1-29-16-12(19)10(2-5-21-16)13-14-15(25-24-13)23-11(8-22-14)26-6-3-18(28,4-7-26)9-30-17(20)27/h2,5,8,28H,3-4,6-7,9H2,1H3,(H2,20,27)(H,23,24,25). The molecular weight excluding hydrogens is 414 g/mol. The predicted molar refractivity (Wildman–Crippen MR) is 108 cm³/mol. The first-order chi connectivity index (χ1) is 14.4. The van der Waals surface area contributed by atoms with Crippen molar-refractivity contribution >= 4 is 34.7 Å². The van der Waals surface area contributed by atoms with Gasteiger partial charge in [-0.1, -0.05) is 11.6 Å². The highest BCUT2D eigenvalue weighted by Gasteiger charge is 2.34. The number of carbonyl (C=O) groups excluding carboxylic acids is 1. The largest absolute Gasteiger partial charge is 0.480 e. The highest BCUT2D eigenvalue weighted by Crippen LogP contribution is 2.35. The average molecular weight is 434 g/mol. The van der Waals surface area contributed by atoms with Gasteiger partial charge in [-0.3, -0.25) is 5.10 Å². The number of hydrogen-bond acceptors (Lipinski definition) is 9. The maximum atomic E-state index is 10.8. The van der Waals surface area contributed by atoms with Crippen LogP contribution in [0.15, 0.2) is 18.5 Å². The Hall–Kier alpha value is -3.18. The number of ether oxygens (including phenoxy) is 2. The van der Waals surface area contributed by atoms with E-state index >= 15 is 0 Å². The molecule has 1 amide bonds. The topological polar surface area (TPSA) is 152 Å². The molecule has 0 saturated carbocycles. The van der Waals surface area contributed by atoms with Gasteiger partial charge in [-0.2, -0.15) is 5.10 Å². The van der Waals surface area contributed by atoms with Gasteiger partial charge in [0.05, 0.1) is 19.0 Å². The molecule has 0 aliphatic carbocycles. The van der Waals surface area contributed by atoms with E-state index < -0.39 is 11.7 Å². The minimum absolute atomic E-state index is 0.125. The number of halogens is 1. The van der Waals surface area contributed by atoms with Crippen molar-refractivity contribution < 1.29 is 19.4 Å². The molecule has 0 bridgehead atoms. The number of anilines is 1. The van der Waals surface area contributed by atoms with Crippen LogP contribution >= 0.6 is 11.6 Å². The fourth-order valence-electron chi connectivity index (χ4n) is 3.39. The van der Waals surface area contributed by atoms with Crippen LogP contribution in [0.25, 0.3) is 22.4 Å². The number of aliphatic hydroxyl groups is 1. The lowest BCUT2D eigenvalue weighted by molar-refractivity contribution is -0.0368. The minimum Gasteiger partial charge on any atom is -0.480 e. The molecule has 12 heteroatoms. The number of aromatic amines is 1. The summed E-state index contributed by atoms with van der Waals surface area (Å²) >= 11 is 6.37. The molecule has 11 nitrogen and oxygen atoms in total. The molecular formula is C18H20ClN7O4. The maximum Gasteiger partial charge on any atom is 0.404 e. The summed E-state index contributed by atoms with van der Waals surface area (Å²) in [7, 11) is 1.49. The van der Waals surface area contributed by atoms with Gasteiger partial charge in [0.1, 0.15) is 28.6 Å². The zero-order valence-corrected chi connectivity index (χ0v) is 16.9. The predicted octanol–water partition coefficient (Wildman–Crippen LogP) is 1.50. The van der Waals surface area contributed by atoms with Crippen molar-refractivity contribution in [3.8, 4) is 17.1 Å². The highest BCUT2D eigenvalue weighted by atomic mass is 35.5. The molecule has 4 heterocycles. The monoisotopic (exact) mass is 433 g/mol. The van der Waals surface area contributed by atoms with E-state index in [1.54, 1.807) is 18.5 Å². The zero-order valence-electron chi connectivity index (χ0n) is 16.1. The number of amides is 1. The molecule has 0 atom stereocenters. The van der Waals surface area contributed by atoms with Gasteiger partial charge in [-0.05, 0) is 18.9 Å². The molecule has 0 radical (unpaired) electrons. The number of primary amides is 1.